The number of carbonyl (C=O) groups is 1. The molecule has 2 aromatic heterocycles. The van der Waals surface area contributed by atoms with Crippen molar-refractivity contribution in [2.75, 3.05) is 5.32 Å². The number of aromatic amines is 2. The number of aromatic nitrogens is 4. The minimum absolute atomic E-state index is 0.120. The molecular weight excluding hydrogens is 282 g/mol. The van der Waals surface area contributed by atoms with Crippen LogP contribution in [0, 0.1) is 13.8 Å². The van der Waals surface area contributed by atoms with E-state index >= 15 is 0 Å². The van der Waals surface area contributed by atoms with Crippen LogP contribution in [-0.4, -0.2) is 26.1 Å². The lowest BCUT2D eigenvalue weighted by Crippen LogP contribution is -2.27. The van der Waals surface area contributed by atoms with Gasteiger partial charge in [0.2, 0.25) is 11.0 Å². The first-order valence-electron chi connectivity index (χ1n) is 5.87. The van der Waals surface area contributed by atoms with E-state index in [1.54, 1.807) is 13.8 Å². The molecule has 0 aliphatic heterocycles. The summed E-state index contributed by atoms with van der Waals surface area (Å²) in [6.45, 7) is 3.41. The molecule has 9 heteroatoms. The first-order valence-corrected chi connectivity index (χ1v) is 6.69. The standard InChI is InChI=1S/C11H13N5O3S/c1-5-7(9(18)14-10(19)12-5)3-4-8(17)13-11-16-15-6(2)20-11/h3-4H2,1-2H3,(H,13,16,17)(H2,12,14,18,19). The molecule has 8 nitrogen and oxygen atoms in total. The van der Waals surface area contributed by atoms with E-state index in [2.05, 4.69) is 25.5 Å². The number of aryl methyl sites for hydroxylation is 2. The fourth-order valence-electron chi connectivity index (χ4n) is 1.69. The van der Waals surface area contributed by atoms with Crippen molar-refractivity contribution in [3.63, 3.8) is 0 Å². The summed E-state index contributed by atoms with van der Waals surface area (Å²) in [5.41, 5.74) is -0.151. The predicted octanol–water partition coefficient (Wildman–Crippen LogP) is 0.103. The van der Waals surface area contributed by atoms with Gasteiger partial charge in [-0.15, -0.1) is 10.2 Å². The number of H-pyrrole nitrogens is 2. The molecule has 0 bridgehead atoms. The second-order valence-corrected chi connectivity index (χ2v) is 5.37. The highest BCUT2D eigenvalue weighted by atomic mass is 32.1. The number of anilines is 1. The molecule has 2 heterocycles. The van der Waals surface area contributed by atoms with E-state index in [1.165, 1.54) is 11.3 Å². The highest BCUT2D eigenvalue weighted by molar-refractivity contribution is 7.15. The number of hydrogen-bond acceptors (Lipinski definition) is 6. The van der Waals surface area contributed by atoms with E-state index in [4.69, 9.17) is 0 Å². The fourth-order valence-corrected chi connectivity index (χ4v) is 2.30. The maximum absolute atomic E-state index is 11.7. The van der Waals surface area contributed by atoms with Crippen molar-refractivity contribution < 1.29 is 4.79 Å². The lowest BCUT2D eigenvalue weighted by Gasteiger charge is -2.03. The number of nitrogens with one attached hydrogen (secondary N) is 3. The molecule has 0 aromatic carbocycles. The van der Waals surface area contributed by atoms with E-state index in [-0.39, 0.29) is 18.7 Å². The van der Waals surface area contributed by atoms with Crippen molar-refractivity contribution >= 4 is 22.4 Å². The van der Waals surface area contributed by atoms with Gasteiger partial charge in [-0.05, 0) is 20.3 Å². The normalized spacial score (nSPS) is 10.5. The third-order valence-corrected chi connectivity index (χ3v) is 3.38. The van der Waals surface area contributed by atoms with E-state index in [0.29, 0.717) is 16.4 Å². The lowest BCUT2D eigenvalue weighted by molar-refractivity contribution is -0.116. The van der Waals surface area contributed by atoms with E-state index in [1.807, 2.05) is 0 Å². The van der Waals surface area contributed by atoms with Crippen molar-refractivity contribution in [2.24, 2.45) is 0 Å². The van der Waals surface area contributed by atoms with Crippen molar-refractivity contribution in [1.82, 2.24) is 20.2 Å². The molecule has 0 fully saturated rings. The smallest absolute Gasteiger partial charge is 0.311 e. The zero-order valence-electron chi connectivity index (χ0n) is 10.9. The molecule has 2 rings (SSSR count). The van der Waals surface area contributed by atoms with E-state index in [0.717, 1.165) is 5.01 Å². The van der Waals surface area contributed by atoms with Crippen LogP contribution in [0.15, 0.2) is 9.59 Å². The summed E-state index contributed by atoms with van der Waals surface area (Å²) in [5, 5.41) is 11.4. The Balaban J connectivity index is 2.00. The Hall–Kier alpha value is -2.29. The van der Waals surface area contributed by atoms with Crippen molar-refractivity contribution in [3.05, 3.63) is 37.1 Å². The van der Waals surface area contributed by atoms with Gasteiger partial charge in [-0.2, -0.15) is 0 Å². The molecule has 0 saturated heterocycles. The van der Waals surface area contributed by atoms with Crippen molar-refractivity contribution in [1.29, 1.82) is 0 Å². The Morgan fingerprint density at radius 1 is 1.25 bits per heavy atom. The first kappa shape index (κ1) is 14.1. The van der Waals surface area contributed by atoms with Gasteiger partial charge in [0, 0.05) is 17.7 Å². The highest BCUT2D eigenvalue weighted by Gasteiger charge is 2.10. The Bertz CT molecular complexity index is 745. The monoisotopic (exact) mass is 295 g/mol. The number of carbonyl (C=O) groups excluding carboxylic acids is 1. The third kappa shape index (κ3) is 3.38. The van der Waals surface area contributed by atoms with Gasteiger partial charge >= 0.3 is 5.69 Å². The third-order valence-electron chi connectivity index (χ3n) is 2.63. The summed E-state index contributed by atoms with van der Waals surface area (Å²) in [6, 6.07) is 0. The summed E-state index contributed by atoms with van der Waals surface area (Å²) >= 11 is 1.28. The highest BCUT2D eigenvalue weighted by Crippen LogP contribution is 2.14. The summed E-state index contributed by atoms with van der Waals surface area (Å²) < 4.78 is 0. The molecule has 3 N–H and O–H groups in total. The first-order chi connectivity index (χ1) is 9.45. The second-order valence-electron chi connectivity index (χ2n) is 4.19. The van der Waals surface area contributed by atoms with Gasteiger partial charge in [-0.25, -0.2) is 4.79 Å². The Kier molecular flexibility index (Phi) is 4.08. The predicted molar refractivity (Wildman–Crippen MR) is 74.0 cm³/mol. The largest absolute Gasteiger partial charge is 0.325 e. The maximum Gasteiger partial charge on any atom is 0.325 e. The average molecular weight is 295 g/mol. The summed E-state index contributed by atoms with van der Waals surface area (Å²) in [6.07, 6.45) is 0.357. The van der Waals surface area contributed by atoms with Crippen LogP contribution < -0.4 is 16.6 Å². The van der Waals surface area contributed by atoms with Gasteiger partial charge in [-0.1, -0.05) is 11.3 Å². The molecule has 0 unspecified atom stereocenters. The van der Waals surface area contributed by atoms with Gasteiger partial charge in [0.1, 0.15) is 5.01 Å². The zero-order valence-corrected chi connectivity index (χ0v) is 11.8. The lowest BCUT2D eigenvalue weighted by atomic mass is 10.1. The van der Waals surface area contributed by atoms with Crippen molar-refractivity contribution in [2.45, 2.75) is 26.7 Å². The zero-order chi connectivity index (χ0) is 14.7. The van der Waals surface area contributed by atoms with Crippen LogP contribution in [0.5, 0.6) is 0 Å². The van der Waals surface area contributed by atoms with Crippen LogP contribution in [-0.2, 0) is 11.2 Å². The minimum Gasteiger partial charge on any atom is -0.311 e. The van der Waals surface area contributed by atoms with Crippen LogP contribution in [0.2, 0.25) is 0 Å². The molecule has 20 heavy (non-hydrogen) atoms. The number of hydrogen-bond donors (Lipinski definition) is 3. The Labute approximate surface area is 117 Å². The fraction of sp³-hybridized carbons (Fsp3) is 0.364. The van der Waals surface area contributed by atoms with Gasteiger partial charge in [0.15, 0.2) is 0 Å². The van der Waals surface area contributed by atoms with Crippen LogP contribution in [0.3, 0.4) is 0 Å². The molecule has 0 saturated carbocycles. The average Bonchev–Trinajstić information content (AvgIpc) is 2.73. The van der Waals surface area contributed by atoms with Gasteiger partial charge in [0.05, 0.1) is 0 Å². The van der Waals surface area contributed by atoms with Crippen LogP contribution in [0.1, 0.15) is 22.7 Å². The van der Waals surface area contributed by atoms with Crippen LogP contribution in [0.25, 0.3) is 0 Å². The maximum atomic E-state index is 11.7. The minimum atomic E-state index is -0.551. The summed E-state index contributed by atoms with van der Waals surface area (Å²) in [7, 11) is 0. The second kappa shape index (κ2) is 5.78. The van der Waals surface area contributed by atoms with Gasteiger partial charge in [0.25, 0.3) is 5.56 Å². The number of amides is 1. The van der Waals surface area contributed by atoms with Crippen molar-refractivity contribution in [3.8, 4) is 0 Å². The molecule has 0 aliphatic carbocycles. The molecule has 106 valence electrons. The SMILES string of the molecule is Cc1nnc(NC(=O)CCc2c(C)[nH]c(=O)[nH]c2=O)s1. The van der Waals surface area contributed by atoms with Gasteiger partial charge < -0.3 is 10.3 Å². The van der Waals surface area contributed by atoms with Gasteiger partial charge in [-0.3, -0.25) is 14.6 Å². The summed E-state index contributed by atoms with van der Waals surface area (Å²) in [4.78, 5) is 39.0. The number of rotatable bonds is 4. The molecular formula is C11H13N5O3S. The number of nitrogens with zero attached hydrogens (tertiary/aromatic N) is 2. The molecule has 0 aliphatic rings. The quantitative estimate of drug-likeness (QED) is 0.739. The molecule has 1 amide bonds. The Morgan fingerprint density at radius 3 is 2.60 bits per heavy atom. The summed E-state index contributed by atoms with van der Waals surface area (Å²) in [5.74, 6) is -0.258. The van der Waals surface area contributed by atoms with Crippen LogP contribution >= 0.6 is 11.3 Å². The van der Waals surface area contributed by atoms with E-state index < -0.39 is 11.2 Å². The molecule has 2 aromatic rings. The molecule has 0 radical (unpaired) electrons. The Morgan fingerprint density at radius 2 is 2.00 bits per heavy atom. The van der Waals surface area contributed by atoms with E-state index in [9.17, 15) is 14.4 Å². The molecule has 0 atom stereocenters. The molecule has 0 spiro atoms. The van der Waals surface area contributed by atoms with Crippen LogP contribution in [0.4, 0.5) is 5.13 Å². The topological polar surface area (TPSA) is 121 Å².